The number of ketones is 1. The fourth-order valence-electron chi connectivity index (χ4n) is 3.43. The molecule has 3 aromatic carbocycles. The van der Waals surface area contributed by atoms with Crippen molar-refractivity contribution < 1.29 is 4.79 Å². The number of aryl methyl sites for hydroxylation is 1. The number of carbonyl (C=O) groups excluding carboxylic acids is 1. The Balaban J connectivity index is 2.10. The van der Waals surface area contributed by atoms with Gasteiger partial charge in [0.15, 0.2) is 5.78 Å². The maximum absolute atomic E-state index is 13.2. The molecule has 0 heterocycles. The normalized spacial score (nSPS) is 12.8. The minimum absolute atomic E-state index is 0.0765. The van der Waals surface area contributed by atoms with E-state index in [4.69, 9.17) is 12.2 Å². The van der Waals surface area contributed by atoms with Crippen LogP contribution in [-0.2, 0) is 0 Å². The third-order valence-corrected chi connectivity index (χ3v) is 5.23. The van der Waals surface area contributed by atoms with Crippen molar-refractivity contribution in [1.82, 2.24) is 0 Å². The van der Waals surface area contributed by atoms with E-state index in [1.807, 2.05) is 49.4 Å². The van der Waals surface area contributed by atoms with Crippen LogP contribution in [0.2, 0.25) is 0 Å². The summed E-state index contributed by atoms with van der Waals surface area (Å²) in [6.45, 7) is 4.07. The van der Waals surface area contributed by atoms with E-state index in [1.165, 1.54) is 0 Å². The van der Waals surface area contributed by atoms with Gasteiger partial charge in [-0.15, -0.1) is 0 Å². The highest BCUT2D eigenvalue weighted by atomic mass is 32.1. The Morgan fingerprint density at radius 3 is 2.08 bits per heavy atom. The number of fused-ring (bicyclic) bond motifs is 2. The van der Waals surface area contributed by atoms with Gasteiger partial charge in [-0.3, -0.25) is 4.79 Å². The van der Waals surface area contributed by atoms with Gasteiger partial charge in [-0.1, -0.05) is 72.9 Å². The molecule has 0 saturated carbocycles. The molecular formula is C22H16OS. The Morgan fingerprint density at radius 2 is 1.38 bits per heavy atom. The first-order chi connectivity index (χ1) is 11.6. The lowest BCUT2D eigenvalue weighted by atomic mass is 9.78. The van der Waals surface area contributed by atoms with Crippen LogP contribution < -0.4 is 0 Å². The second-order valence-corrected chi connectivity index (χ2v) is 6.59. The van der Waals surface area contributed by atoms with Crippen molar-refractivity contribution in [3.05, 3.63) is 94.0 Å². The average molecular weight is 328 g/mol. The van der Waals surface area contributed by atoms with Crippen LogP contribution in [0.1, 0.15) is 38.2 Å². The van der Waals surface area contributed by atoms with Crippen LogP contribution in [0.3, 0.4) is 0 Å². The standard InChI is InChI=1S/C22H16OS/c1-13-12-18(15-8-4-3-5-9-15)20-19(14(13)2)21(23)16-10-6-7-11-17(16)22(20)24/h3-12H,1-2H3. The molecular weight excluding hydrogens is 312 g/mol. The molecule has 0 bridgehead atoms. The molecule has 0 amide bonds. The molecule has 1 aliphatic rings. The lowest BCUT2D eigenvalue weighted by Gasteiger charge is -2.25. The SMILES string of the molecule is Cc1cc(-c2ccccc2)c2c(c1C)C(=O)c1ccccc1C2=S. The summed E-state index contributed by atoms with van der Waals surface area (Å²) in [7, 11) is 0. The van der Waals surface area contributed by atoms with Gasteiger partial charge in [0.1, 0.15) is 0 Å². The van der Waals surface area contributed by atoms with Crippen LogP contribution in [0.15, 0.2) is 60.7 Å². The number of hydrogen-bond donors (Lipinski definition) is 0. The number of thiocarbonyl (C=S) groups is 1. The van der Waals surface area contributed by atoms with E-state index in [0.717, 1.165) is 43.8 Å². The first-order valence-electron chi connectivity index (χ1n) is 7.97. The van der Waals surface area contributed by atoms with E-state index in [0.29, 0.717) is 5.56 Å². The van der Waals surface area contributed by atoms with Crippen molar-refractivity contribution in [2.75, 3.05) is 0 Å². The second kappa shape index (κ2) is 5.50. The molecule has 0 atom stereocenters. The third-order valence-electron chi connectivity index (χ3n) is 4.80. The number of carbonyl (C=O) groups is 1. The highest BCUT2D eigenvalue weighted by molar-refractivity contribution is 7.81. The molecule has 0 radical (unpaired) electrons. The third kappa shape index (κ3) is 2.07. The van der Waals surface area contributed by atoms with Crippen molar-refractivity contribution in [1.29, 1.82) is 0 Å². The van der Waals surface area contributed by atoms with Crippen molar-refractivity contribution >= 4 is 22.9 Å². The topological polar surface area (TPSA) is 17.1 Å². The van der Waals surface area contributed by atoms with E-state index in [2.05, 4.69) is 25.1 Å². The molecule has 116 valence electrons. The summed E-state index contributed by atoms with van der Waals surface area (Å²) < 4.78 is 0. The lowest BCUT2D eigenvalue weighted by Crippen LogP contribution is -2.22. The molecule has 0 aromatic heterocycles. The Labute approximate surface area is 147 Å². The molecule has 0 N–H and O–H groups in total. The highest BCUT2D eigenvalue weighted by Gasteiger charge is 2.31. The van der Waals surface area contributed by atoms with E-state index in [9.17, 15) is 4.79 Å². The van der Waals surface area contributed by atoms with E-state index in [1.54, 1.807) is 0 Å². The van der Waals surface area contributed by atoms with Crippen LogP contribution >= 0.6 is 12.2 Å². The lowest BCUT2D eigenvalue weighted by molar-refractivity contribution is 0.103. The smallest absolute Gasteiger partial charge is 0.194 e. The van der Waals surface area contributed by atoms with Gasteiger partial charge in [-0.2, -0.15) is 0 Å². The van der Waals surface area contributed by atoms with E-state index >= 15 is 0 Å². The zero-order chi connectivity index (χ0) is 16.8. The number of hydrogen-bond acceptors (Lipinski definition) is 2. The van der Waals surface area contributed by atoms with Crippen LogP contribution in [0.4, 0.5) is 0 Å². The van der Waals surface area contributed by atoms with Crippen LogP contribution in [0.5, 0.6) is 0 Å². The molecule has 0 saturated heterocycles. The van der Waals surface area contributed by atoms with Gasteiger partial charge in [0.2, 0.25) is 0 Å². The predicted molar refractivity (Wildman–Crippen MR) is 102 cm³/mol. The molecule has 4 rings (SSSR count). The van der Waals surface area contributed by atoms with Gasteiger partial charge in [0, 0.05) is 22.3 Å². The van der Waals surface area contributed by atoms with Gasteiger partial charge in [-0.05, 0) is 36.1 Å². The van der Waals surface area contributed by atoms with Crippen LogP contribution in [-0.4, -0.2) is 10.6 Å². The van der Waals surface area contributed by atoms with Crippen molar-refractivity contribution in [3.63, 3.8) is 0 Å². The number of rotatable bonds is 1. The van der Waals surface area contributed by atoms with Crippen LogP contribution in [0, 0.1) is 13.8 Å². The summed E-state index contributed by atoms with van der Waals surface area (Å²) in [5, 5.41) is 0. The maximum atomic E-state index is 13.2. The Kier molecular flexibility index (Phi) is 3.43. The summed E-state index contributed by atoms with van der Waals surface area (Å²) in [4.78, 5) is 13.9. The molecule has 24 heavy (non-hydrogen) atoms. The summed E-state index contributed by atoms with van der Waals surface area (Å²) in [5.41, 5.74) is 7.51. The van der Waals surface area contributed by atoms with Crippen molar-refractivity contribution in [2.45, 2.75) is 13.8 Å². The largest absolute Gasteiger partial charge is 0.289 e. The Morgan fingerprint density at radius 1 is 0.750 bits per heavy atom. The molecule has 0 fully saturated rings. The Bertz CT molecular complexity index is 1000. The number of benzene rings is 3. The predicted octanol–water partition coefficient (Wildman–Crippen LogP) is 5.28. The summed E-state index contributed by atoms with van der Waals surface area (Å²) in [6.07, 6.45) is 0. The van der Waals surface area contributed by atoms with Gasteiger partial charge in [-0.25, -0.2) is 0 Å². The molecule has 0 aliphatic heterocycles. The van der Waals surface area contributed by atoms with Gasteiger partial charge in [0.25, 0.3) is 0 Å². The van der Waals surface area contributed by atoms with E-state index < -0.39 is 0 Å². The van der Waals surface area contributed by atoms with Gasteiger partial charge in [0.05, 0.1) is 4.86 Å². The minimum Gasteiger partial charge on any atom is -0.289 e. The average Bonchev–Trinajstić information content (AvgIpc) is 2.62. The van der Waals surface area contributed by atoms with Crippen LogP contribution in [0.25, 0.3) is 11.1 Å². The highest BCUT2D eigenvalue weighted by Crippen LogP contribution is 2.38. The van der Waals surface area contributed by atoms with Crippen molar-refractivity contribution in [2.24, 2.45) is 0 Å². The first kappa shape index (κ1) is 15.0. The molecule has 0 unspecified atom stereocenters. The van der Waals surface area contributed by atoms with Gasteiger partial charge < -0.3 is 0 Å². The zero-order valence-electron chi connectivity index (χ0n) is 13.6. The fourth-order valence-corrected chi connectivity index (χ4v) is 3.82. The summed E-state index contributed by atoms with van der Waals surface area (Å²) >= 11 is 5.81. The second-order valence-electron chi connectivity index (χ2n) is 6.19. The minimum atomic E-state index is 0.0765. The zero-order valence-corrected chi connectivity index (χ0v) is 14.4. The molecule has 3 aromatic rings. The van der Waals surface area contributed by atoms with Gasteiger partial charge >= 0.3 is 0 Å². The molecule has 2 heteroatoms. The summed E-state index contributed by atoms with van der Waals surface area (Å²) in [6, 6.07) is 20.0. The maximum Gasteiger partial charge on any atom is 0.194 e. The van der Waals surface area contributed by atoms with Crippen molar-refractivity contribution in [3.8, 4) is 11.1 Å². The fraction of sp³-hybridized carbons (Fsp3) is 0.0909. The quantitative estimate of drug-likeness (QED) is 0.442. The monoisotopic (exact) mass is 328 g/mol. The Hall–Kier alpha value is -2.58. The molecule has 1 aliphatic carbocycles. The molecule has 1 nitrogen and oxygen atoms in total. The summed E-state index contributed by atoms with van der Waals surface area (Å²) in [5.74, 6) is 0.0765. The molecule has 0 spiro atoms. The van der Waals surface area contributed by atoms with E-state index in [-0.39, 0.29) is 5.78 Å². The first-order valence-corrected chi connectivity index (χ1v) is 8.38.